The van der Waals surface area contributed by atoms with Crippen LogP contribution in [-0.4, -0.2) is 44.3 Å². The van der Waals surface area contributed by atoms with Gasteiger partial charge in [0.1, 0.15) is 0 Å². The number of methoxy groups -OCH3 is 2. The van der Waals surface area contributed by atoms with Crippen LogP contribution in [0.2, 0.25) is 0 Å². The topological polar surface area (TPSA) is 47.6 Å². The first-order chi connectivity index (χ1) is 7.65. The van der Waals surface area contributed by atoms with Gasteiger partial charge in [-0.1, -0.05) is 0 Å². The van der Waals surface area contributed by atoms with Crippen molar-refractivity contribution >= 4 is 17.5 Å². The van der Waals surface area contributed by atoms with E-state index in [1.54, 1.807) is 14.2 Å². The van der Waals surface area contributed by atoms with E-state index in [0.717, 1.165) is 19.3 Å². The van der Waals surface area contributed by atoms with E-state index in [-0.39, 0.29) is 17.6 Å². The molecule has 0 spiro atoms. The highest BCUT2D eigenvalue weighted by atomic mass is 35.5. The minimum atomic E-state index is -0.228. The first-order valence-corrected chi connectivity index (χ1v) is 6.08. The van der Waals surface area contributed by atoms with Gasteiger partial charge in [0.2, 0.25) is 5.91 Å². The van der Waals surface area contributed by atoms with Gasteiger partial charge >= 0.3 is 0 Å². The zero-order chi connectivity index (χ0) is 12.0. The summed E-state index contributed by atoms with van der Waals surface area (Å²) in [5.74, 6) is 0.351. The van der Waals surface area contributed by atoms with E-state index in [4.69, 9.17) is 21.1 Å². The summed E-state index contributed by atoms with van der Waals surface area (Å²) < 4.78 is 10.4. The lowest BCUT2D eigenvalue weighted by Gasteiger charge is -2.40. The molecule has 0 aromatic heterocycles. The van der Waals surface area contributed by atoms with Gasteiger partial charge in [0, 0.05) is 20.1 Å². The number of amides is 1. The van der Waals surface area contributed by atoms with Crippen molar-refractivity contribution in [2.24, 2.45) is 0 Å². The van der Waals surface area contributed by atoms with Crippen molar-refractivity contribution in [3.8, 4) is 0 Å². The molecule has 4 nitrogen and oxygen atoms in total. The lowest BCUT2D eigenvalue weighted by atomic mass is 9.77. The number of carbonyl (C=O) groups excluding carboxylic acids is 1. The van der Waals surface area contributed by atoms with Gasteiger partial charge in [-0.15, -0.1) is 11.6 Å². The Hall–Kier alpha value is -0.320. The third kappa shape index (κ3) is 3.61. The molecule has 5 heteroatoms. The Morgan fingerprint density at radius 1 is 1.50 bits per heavy atom. The highest BCUT2D eigenvalue weighted by Crippen LogP contribution is 2.37. The Balaban J connectivity index is 2.34. The molecular formula is C11H20ClNO3. The SMILES string of the molecule is COCC(CCl)NC(=O)CC1(OC)CCC1. The number of nitrogens with one attached hydrogen (secondary N) is 1. The Bertz CT molecular complexity index is 226. The molecule has 0 aromatic rings. The average molecular weight is 250 g/mol. The predicted molar refractivity (Wildman–Crippen MR) is 62.7 cm³/mol. The molecule has 1 aliphatic carbocycles. The number of carbonyl (C=O) groups is 1. The van der Waals surface area contributed by atoms with Gasteiger partial charge in [0.25, 0.3) is 0 Å². The van der Waals surface area contributed by atoms with Crippen LogP contribution in [0.1, 0.15) is 25.7 Å². The van der Waals surface area contributed by atoms with Crippen molar-refractivity contribution in [3.05, 3.63) is 0 Å². The molecule has 1 fully saturated rings. The molecule has 1 saturated carbocycles. The Labute approximate surface area is 102 Å². The van der Waals surface area contributed by atoms with E-state index in [1.807, 2.05) is 0 Å². The molecule has 94 valence electrons. The molecular weight excluding hydrogens is 230 g/mol. The van der Waals surface area contributed by atoms with Crippen molar-refractivity contribution in [1.82, 2.24) is 5.32 Å². The lowest BCUT2D eigenvalue weighted by molar-refractivity contribution is -0.135. The van der Waals surface area contributed by atoms with Crippen LogP contribution in [0, 0.1) is 0 Å². The van der Waals surface area contributed by atoms with E-state index in [0.29, 0.717) is 18.9 Å². The fourth-order valence-electron chi connectivity index (χ4n) is 1.92. The largest absolute Gasteiger partial charge is 0.383 e. The third-order valence-corrected chi connectivity index (χ3v) is 3.47. The van der Waals surface area contributed by atoms with Crippen molar-refractivity contribution in [2.75, 3.05) is 26.7 Å². The summed E-state index contributed by atoms with van der Waals surface area (Å²) in [6.45, 7) is 0.440. The van der Waals surface area contributed by atoms with E-state index in [1.165, 1.54) is 0 Å². The highest BCUT2D eigenvalue weighted by molar-refractivity contribution is 6.18. The lowest BCUT2D eigenvalue weighted by Crippen LogP contribution is -2.47. The second-order valence-corrected chi connectivity index (χ2v) is 4.60. The van der Waals surface area contributed by atoms with Crippen LogP contribution in [0.15, 0.2) is 0 Å². The third-order valence-electron chi connectivity index (χ3n) is 3.10. The molecule has 0 saturated heterocycles. The fourth-order valence-corrected chi connectivity index (χ4v) is 2.09. The van der Waals surface area contributed by atoms with Crippen LogP contribution in [0.5, 0.6) is 0 Å². The summed E-state index contributed by atoms with van der Waals surface area (Å²) in [5.41, 5.74) is -0.228. The normalized spacial score (nSPS) is 19.9. The van der Waals surface area contributed by atoms with Crippen molar-refractivity contribution in [1.29, 1.82) is 0 Å². The van der Waals surface area contributed by atoms with Crippen LogP contribution >= 0.6 is 11.6 Å². The zero-order valence-corrected chi connectivity index (χ0v) is 10.7. The maximum absolute atomic E-state index is 11.7. The molecule has 1 rings (SSSR count). The molecule has 0 aromatic carbocycles. The first-order valence-electron chi connectivity index (χ1n) is 5.55. The minimum Gasteiger partial charge on any atom is -0.383 e. The summed E-state index contributed by atoms with van der Waals surface area (Å²) >= 11 is 5.72. The van der Waals surface area contributed by atoms with Gasteiger partial charge in [0.15, 0.2) is 0 Å². The monoisotopic (exact) mass is 249 g/mol. The number of halogens is 1. The molecule has 0 radical (unpaired) electrons. The van der Waals surface area contributed by atoms with Crippen molar-refractivity contribution < 1.29 is 14.3 Å². The molecule has 1 aliphatic rings. The standard InChI is InChI=1S/C11H20ClNO3/c1-15-8-9(7-12)13-10(14)6-11(16-2)4-3-5-11/h9H,3-8H2,1-2H3,(H,13,14). The minimum absolute atomic E-state index is 0.00995. The Morgan fingerprint density at radius 3 is 2.56 bits per heavy atom. The summed E-state index contributed by atoms with van der Waals surface area (Å²) in [5, 5.41) is 2.85. The molecule has 1 unspecified atom stereocenters. The Kier molecular flexibility index (Phi) is 5.52. The van der Waals surface area contributed by atoms with Gasteiger partial charge in [-0.2, -0.15) is 0 Å². The van der Waals surface area contributed by atoms with Gasteiger partial charge in [-0.25, -0.2) is 0 Å². The van der Waals surface area contributed by atoms with Crippen LogP contribution in [-0.2, 0) is 14.3 Å². The second-order valence-electron chi connectivity index (χ2n) is 4.29. The summed E-state index contributed by atoms with van der Waals surface area (Å²) in [7, 11) is 3.26. The van der Waals surface area contributed by atoms with Gasteiger partial charge in [-0.3, -0.25) is 4.79 Å². The van der Waals surface area contributed by atoms with Crippen LogP contribution in [0.25, 0.3) is 0 Å². The number of alkyl halides is 1. The zero-order valence-electron chi connectivity index (χ0n) is 9.92. The summed E-state index contributed by atoms with van der Waals surface area (Å²) in [6.07, 6.45) is 3.48. The number of hydrogen-bond donors (Lipinski definition) is 1. The summed E-state index contributed by atoms with van der Waals surface area (Å²) in [6, 6.07) is -0.117. The van der Waals surface area contributed by atoms with Crippen LogP contribution in [0.4, 0.5) is 0 Å². The van der Waals surface area contributed by atoms with E-state index in [9.17, 15) is 4.79 Å². The van der Waals surface area contributed by atoms with E-state index in [2.05, 4.69) is 5.32 Å². The number of hydrogen-bond acceptors (Lipinski definition) is 3. The van der Waals surface area contributed by atoms with Crippen LogP contribution in [0.3, 0.4) is 0 Å². The maximum Gasteiger partial charge on any atom is 0.223 e. The molecule has 0 bridgehead atoms. The summed E-state index contributed by atoms with van der Waals surface area (Å²) in [4.78, 5) is 11.7. The number of rotatable bonds is 7. The van der Waals surface area contributed by atoms with Crippen LogP contribution < -0.4 is 5.32 Å². The highest BCUT2D eigenvalue weighted by Gasteiger charge is 2.39. The molecule has 16 heavy (non-hydrogen) atoms. The molecule has 0 aliphatic heterocycles. The van der Waals surface area contributed by atoms with Gasteiger partial charge < -0.3 is 14.8 Å². The first kappa shape index (κ1) is 13.7. The quantitative estimate of drug-likeness (QED) is 0.693. The molecule has 1 amide bonds. The predicted octanol–water partition coefficient (Wildman–Crippen LogP) is 1.32. The Morgan fingerprint density at radius 2 is 2.19 bits per heavy atom. The van der Waals surface area contributed by atoms with Gasteiger partial charge in [-0.05, 0) is 19.3 Å². The smallest absolute Gasteiger partial charge is 0.223 e. The average Bonchev–Trinajstić information content (AvgIpc) is 2.23. The van der Waals surface area contributed by atoms with Crippen molar-refractivity contribution in [2.45, 2.75) is 37.3 Å². The van der Waals surface area contributed by atoms with Crippen molar-refractivity contribution in [3.63, 3.8) is 0 Å². The molecule has 1 atom stereocenters. The maximum atomic E-state index is 11.7. The van der Waals surface area contributed by atoms with Gasteiger partial charge in [0.05, 0.1) is 24.7 Å². The second kappa shape index (κ2) is 6.42. The molecule has 1 N–H and O–H groups in total. The van der Waals surface area contributed by atoms with E-state index >= 15 is 0 Å². The fraction of sp³-hybridized carbons (Fsp3) is 0.909. The molecule has 0 heterocycles. The van der Waals surface area contributed by atoms with E-state index < -0.39 is 0 Å². The number of ether oxygens (including phenoxy) is 2.